The molecule has 3 nitrogen and oxygen atoms in total. The van der Waals surface area contributed by atoms with E-state index in [1.807, 2.05) is 36.4 Å². The van der Waals surface area contributed by atoms with Crippen LogP contribution in [0.2, 0.25) is 0 Å². The first kappa shape index (κ1) is 15.2. The highest BCUT2D eigenvalue weighted by Crippen LogP contribution is 2.25. The lowest BCUT2D eigenvalue weighted by Gasteiger charge is -2.26. The van der Waals surface area contributed by atoms with Gasteiger partial charge in [-0.1, -0.05) is 64.5 Å². The molecule has 0 aliphatic rings. The Morgan fingerprint density at radius 1 is 1.10 bits per heavy atom. The fourth-order valence-electron chi connectivity index (χ4n) is 2.33. The monoisotopic (exact) mass is 334 g/mol. The van der Waals surface area contributed by atoms with Gasteiger partial charge in [0.05, 0.1) is 12.1 Å². The van der Waals surface area contributed by atoms with Gasteiger partial charge in [0.1, 0.15) is 0 Å². The van der Waals surface area contributed by atoms with Crippen LogP contribution in [0.25, 0.3) is 0 Å². The van der Waals surface area contributed by atoms with Crippen molar-refractivity contribution in [1.29, 1.82) is 0 Å². The number of hydrazine groups is 1. The number of methoxy groups -OCH3 is 1. The maximum Gasteiger partial charge on any atom is 0.0990 e. The highest BCUT2D eigenvalue weighted by molar-refractivity contribution is 9.10. The minimum atomic E-state index is -0.0895. The normalized spacial score (nSPS) is 13.9. The van der Waals surface area contributed by atoms with Gasteiger partial charge in [-0.2, -0.15) is 0 Å². The van der Waals surface area contributed by atoms with E-state index in [1.165, 1.54) is 5.56 Å². The van der Waals surface area contributed by atoms with Gasteiger partial charge in [0.25, 0.3) is 0 Å². The summed E-state index contributed by atoms with van der Waals surface area (Å²) in [5.41, 5.74) is 5.20. The lowest BCUT2D eigenvalue weighted by molar-refractivity contribution is 0.0678. The van der Waals surface area contributed by atoms with Crippen LogP contribution >= 0.6 is 15.9 Å². The Labute approximate surface area is 128 Å². The summed E-state index contributed by atoms with van der Waals surface area (Å²) in [4.78, 5) is 0. The molecule has 2 aromatic rings. The van der Waals surface area contributed by atoms with Gasteiger partial charge in [-0.15, -0.1) is 0 Å². The van der Waals surface area contributed by atoms with E-state index < -0.39 is 0 Å². The summed E-state index contributed by atoms with van der Waals surface area (Å²) in [5.74, 6) is 5.74. The van der Waals surface area contributed by atoms with E-state index in [1.54, 1.807) is 7.11 Å². The molecular weight excluding hydrogens is 316 g/mol. The molecule has 2 atom stereocenters. The Balaban J connectivity index is 2.20. The van der Waals surface area contributed by atoms with Crippen molar-refractivity contribution in [3.63, 3.8) is 0 Å². The second-order valence-corrected chi connectivity index (χ2v) is 5.49. The Kier molecular flexibility index (Phi) is 5.73. The van der Waals surface area contributed by atoms with E-state index in [2.05, 4.69) is 39.6 Å². The molecule has 2 aromatic carbocycles. The van der Waals surface area contributed by atoms with Crippen molar-refractivity contribution < 1.29 is 4.74 Å². The number of rotatable bonds is 6. The third-order valence-electron chi connectivity index (χ3n) is 3.36. The van der Waals surface area contributed by atoms with Crippen LogP contribution in [0.1, 0.15) is 17.2 Å². The van der Waals surface area contributed by atoms with Gasteiger partial charge in [-0.25, -0.2) is 0 Å². The van der Waals surface area contributed by atoms with Crippen LogP contribution in [0.5, 0.6) is 0 Å². The molecule has 3 N–H and O–H groups in total. The third-order valence-corrected chi connectivity index (χ3v) is 4.13. The number of ether oxygens (including phenoxy) is 1. The molecule has 0 saturated carbocycles. The lowest BCUT2D eigenvalue weighted by atomic mass is 9.96. The SMILES string of the molecule is COC(c1ccccc1)C(Cc1ccccc1Br)NN. The Morgan fingerprint density at radius 2 is 1.75 bits per heavy atom. The molecule has 0 aromatic heterocycles. The summed E-state index contributed by atoms with van der Waals surface area (Å²) in [6.07, 6.45) is 0.694. The molecule has 0 spiro atoms. The fourth-order valence-corrected chi connectivity index (χ4v) is 2.78. The molecule has 0 fully saturated rings. The predicted molar refractivity (Wildman–Crippen MR) is 85.1 cm³/mol. The summed E-state index contributed by atoms with van der Waals surface area (Å²) in [6, 6.07) is 18.3. The van der Waals surface area contributed by atoms with Crippen LogP contribution in [0.4, 0.5) is 0 Å². The van der Waals surface area contributed by atoms with Gasteiger partial charge in [-0.3, -0.25) is 11.3 Å². The molecule has 4 heteroatoms. The Hall–Kier alpha value is -1.20. The molecule has 20 heavy (non-hydrogen) atoms. The van der Waals surface area contributed by atoms with Crippen LogP contribution in [-0.4, -0.2) is 13.2 Å². The summed E-state index contributed by atoms with van der Waals surface area (Å²) in [5, 5.41) is 0. The summed E-state index contributed by atoms with van der Waals surface area (Å²) in [6.45, 7) is 0. The van der Waals surface area contributed by atoms with E-state index >= 15 is 0 Å². The van der Waals surface area contributed by atoms with Crippen LogP contribution in [0.3, 0.4) is 0 Å². The van der Waals surface area contributed by atoms with Crippen LogP contribution < -0.4 is 11.3 Å². The standard InChI is InChI=1S/C16H19BrN2O/c1-20-16(12-7-3-2-4-8-12)15(19-18)11-13-9-5-6-10-14(13)17/h2-10,15-16,19H,11,18H2,1H3. The smallest absolute Gasteiger partial charge is 0.0990 e. The summed E-state index contributed by atoms with van der Waals surface area (Å²) < 4.78 is 6.73. The highest BCUT2D eigenvalue weighted by atomic mass is 79.9. The number of benzene rings is 2. The van der Waals surface area contributed by atoms with Crippen LogP contribution in [0.15, 0.2) is 59.1 Å². The molecule has 2 rings (SSSR count). The zero-order valence-electron chi connectivity index (χ0n) is 11.4. The van der Waals surface area contributed by atoms with Crippen LogP contribution in [0, 0.1) is 0 Å². The van der Waals surface area contributed by atoms with E-state index in [0.29, 0.717) is 0 Å². The minimum Gasteiger partial charge on any atom is -0.375 e. The molecule has 2 unspecified atom stereocenters. The first-order valence-electron chi connectivity index (χ1n) is 6.53. The van der Waals surface area contributed by atoms with Gasteiger partial charge < -0.3 is 4.74 Å². The number of nitrogens with one attached hydrogen (secondary N) is 1. The molecule has 0 amide bonds. The van der Waals surface area contributed by atoms with Gasteiger partial charge in [0, 0.05) is 11.6 Å². The van der Waals surface area contributed by atoms with E-state index in [4.69, 9.17) is 10.6 Å². The van der Waals surface area contributed by atoms with Crippen LogP contribution in [-0.2, 0) is 11.2 Å². The van der Waals surface area contributed by atoms with Crippen molar-refractivity contribution in [3.05, 3.63) is 70.2 Å². The number of hydrogen-bond donors (Lipinski definition) is 2. The number of halogens is 1. The van der Waals surface area contributed by atoms with Gasteiger partial charge in [-0.05, 0) is 23.6 Å². The Bertz CT molecular complexity index is 533. The minimum absolute atomic E-state index is 0.00102. The van der Waals surface area contributed by atoms with Crippen molar-refractivity contribution >= 4 is 15.9 Å². The van der Waals surface area contributed by atoms with Crippen molar-refractivity contribution in [2.45, 2.75) is 18.6 Å². The van der Waals surface area contributed by atoms with Crippen molar-refractivity contribution in [1.82, 2.24) is 5.43 Å². The fraction of sp³-hybridized carbons (Fsp3) is 0.250. The summed E-state index contributed by atoms with van der Waals surface area (Å²) >= 11 is 3.57. The molecule has 0 heterocycles. The quantitative estimate of drug-likeness (QED) is 0.629. The van der Waals surface area contributed by atoms with Crippen molar-refractivity contribution in [2.24, 2.45) is 5.84 Å². The molecule has 0 aliphatic carbocycles. The zero-order valence-corrected chi connectivity index (χ0v) is 13.0. The first-order valence-corrected chi connectivity index (χ1v) is 7.33. The highest BCUT2D eigenvalue weighted by Gasteiger charge is 2.22. The largest absolute Gasteiger partial charge is 0.375 e. The number of nitrogens with two attached hydrogens (primary N) is 1. The van der Waals surface area contributed by atoms with Crippen molar-refractivity contribution in [2.75, 3.05) is 7.11 Å². The Morgan fingerprint density at radius 3 is 2.35 bits per heavy atom. The first-order chi connectivity index (χ1) is 9.76. The van der Waals surface area contributed by atoms with Gasteiger partial charge >= 0.3 is 0 Å². The van der Waals surface area contributed by atoms with E-state index in [9.17, 15) is 0 Å². The lowest BCUT2D eigenvalue weighted by Crippen LogP contribution is -2.42. The van der Waals surface area contributed by atoms with Crippen molar-refractivity contribution in [3.8, 4) is 0 Å². The zero-order chi connectivity index (χ0) is 14.4. The average molecular weight is 335 g/mol. The maximum atomic E-state index is 5.74. The molecular formula is C16H19BrN2O. The van der Waals surface area contributed by atoms with Gasteiger partial charge in [0.15, 0.2) is 0 Å². The average Bonchev–Trinajstić information content (AvgIpc) is 2.50. The van der Waals surface area contributed by atoms with E-state index in [-0.39, 0.29) is 12.1 Å². The molecule has 0 saturated heterocycles. The molecule has 0 radical (unpaired) electrons. The third kappa shape index (κ3) is 3.67. The number of hydrogen-bond acceptors (Lipinski definition) is 3. The summed E-state index contributed by atoms with van der Waals surface area (Å²) in [7, 11) is 1.71. The molecule has 0 bridgehead atoms. The van der Waals surface area contributed by atoms with Gasteiger partial charge in [0.2, 0.25) is 0 Å². The molecule has 0 aliphatic heterocycles. The topological polar surface area (TPSA) is 47.3 Å². The predicted octanol–water partition coefficient (Wildman–Crippen LogP) is 3.21. The second-order valence-electron chi connectivity index (χ2n) is 4.64. The van der Waals surface area contributed by atoms with E-state index in [0.717, 1.165) is 16.5 Å². The maximum absolute atomic E-state index is 5.74. The molecule has 106 valence electrons. The second kappa shape index (κ2) is 7.55.